The molecule has 230 valence electrons. The maximum Gasteiger partial charge on any atom is 0.342 e. The lowest BCUT2D eigenvalue weighted by atomic mass is 9.86. The van der Waals surface area contributed by atoms with E-state index in [4.69, 9.17) is 13.9 Å². The number of allylic oxidation sites excluding steroid dienone is 7. The summed E-state index contributed by atoms with van der Waals surface area (Å²) in [5, 5.41) is 21.2. The van der Waals surface area contributed by atoms with Gasteiger partial charge in [-0.3, -0.25) is 4.79 Å². The SMILES string of the molecule is C=C(CC=CC=CCCC=CCN(C)C(=O)C=C(C)OC)c1nc(CC(C)C2OC(=O)c3c(ccc(C)c3O)C2O)co1. The van der Waals surface area contributed by atoms with E-state index in [0.717, 1.165) is 18.4 Å². The van der Waals surface area contributed by atoms with E-state index < -0.39 is 18.2 Å². The number of oxazole rings is 1. The summed E-state index contributed by atoms with van der Waals surface area (Å²) in [7, 11) is 3.29. The van der Waals surface area contributed by atoms with Gasteiger partial charge in [-0.1, -0.05) is 62.1 Å². The summed E-state index contributed by atoms with van der Waals surface area (Å²) in [5.74, 6) is -0.147. The molecule has 0 saturated heterocycles. The number of esters is 1. The lowest BCUT2D eigenvalue weighted by Crippen LogP contribution is -2.37. The molecular formula is C34H42N2O7. The average molecular weight is 591 g/mol. The first kappa shape index (κ1) is 33.1. The number of likely N-dealkylation sites (N-methyl/N-ethyl adjacent to an activating group) is 1. The van der Waals surface area contributed by atoms with Crippen molar-refractivity contribution in [3.05, 3.63) is 102 Å². The van der Waals surface area contributed by atoms with Crippen molar-refractivity contribution in [3.8, 4) is 5.75 Å². The maximum absolute atomic E-state index is 12.6. The van der Waals surface area contributed by atoms with Gasteiger partial charge in [-0.15, -0.1) is 0 Å². The number of rotatable bonds is 14. The maximum atomic E-state index is 12.6. The van der Waals surface area contributed by atoms with Crippen LogP contribution in [0.25, 0.3) is 5.57 Å². The molecule has 0 fully saturated rings. The molecule has 1 amide bonds. The van der Waals surface area contributed by atoms with Crippen LogP contribution in [0.4, 0.5) is 0 Å². The molecule has 1 aliphatic rings. The van der Waals surface area contributed by atoms with Gasteiger partial charge in [0.25, 0.3) is 0 Å². The van der Waals surface area contributed by atoms with E-state index in [-0.39, 0.29) is 23.1 Å². The highest BCUT2D eigenvalue weighted by molar-refractivity contribution is 5.96. The van der Waals surface area contributed by atoms with Crippen LogP contribution >= 0.6 is 0 Å². The number of aryl methyl sites for hydroxylation is 1. The van der Waals surface area contributed by atoms with Crippen molar-refractivity contribution in [1.29, 1.82) is 0 Å². The van der Waals surface area contributed by atoms with Crippen molar-refractivity contribution in [2.45, 2.75) is 58.7 Å². The van der Waals surface area contributed by atoms with Crippen LogP contribution in [0.5, 0.6) is 5.75 Å². The molecule has 0 spiro atoms. The van der Waals surface area contributed by atoms with Gasteiger partial charge in [0.2, 0.25) is 11.8 Å². The Hall–Kier alpha value is -4.37. The van der Waals surface area contributed by atoms with E-state index >= 15 is 0 Å². The van der Waals surface area contributed by atoms with Gasteiger partial charge >= 0.3 is 5.97 Å². The highest BCUT2D eigenvalue weighted by Crippen LogP contribution is 2.39. The van der Waals surface area contributed by atoms with Crippen LogP contribution in [0.3, 0.4) is 0 Å². The predicted molar refractivity (Wildman–Crippen MR) is 165 cm³/mol. The molecule has 0 bridgehead atoms. The monoisotopic (exact) mass is 590 g/mol. The van der Waals surface area contributed by atoms with Gasteiger partial charge < -0.3 is 29.0 Å². The van der Waals surface area contributed by atoms with Gasteiger partial charge in [0, 0.05) is 36.7 Å². The normalized spacial score (nSPS) is 17.8. The van der Waals surface area contributed by atoms with Crippen molar-refractivity contribution < 1.29 is 33.7 Å². The zero-order valence-corrected chi connectivity index (χ0v) is 25.6. The number of ether oxygens (including phenoxy) is 2. The quantitative estimate of drug-likeness (QED) is 0.0686. The van der Waals surface area contributed by atoms with Crippen molar-refractivity contribution in [1.82, 2.24) is 9.88 Å². The minimum absolute atomic E-state index is 0.0237. The number of aromatic nitrogens is 1. The predicted octanol–water partition coefficient (Wildman–Crippen LogP) is 6.00. The highest BCUT2D eigenvalue weighted by Gasteiger charge is 2.39. The van der Waals surface area contributed by atoms with Crippen LogP contribution in [0.2, 0.25) is 0 Å². The zero-order chi connectivity index (χ0) is 31.5. The number of cyclic esters (lactones) is 1. The lowest BCUT2D eigenvalue weighted by Gasteiger charge is -2.33. The van der Waals surface area contributed by atoms with Gasteiger partial charge in [0.15, 0.2) is 0 Å². The lowest BCUT2D eigenvalue weighted by molar-refractivity contribution is -0.124. The van der Waals surface area contributed by atoms with E-state index in [9.17, 15) is 19.8 Å². The zero-order valence-electron chi connectivity index (χ0n) is 25.6. The van der Waals surface area contributed by atoms with Crippen molar-refractivity contribution >= 4 is 17.4 Å². The van der Waals surface area contributed by atoms with Crippen molar-refractivity contribution in [2.75, 3.05) is 20.7 Å². The molecule has 3 unspecified atom stereocenters. The number of hydrogen-bond acceptors (Lipinski definition) is 8. The molecule has 43 heavy (non-hydrogen) atoms. The average Bonchev–Trinajstić information content (AvgIpc) is 3.45. The van der Waals surface area contributed by atoms with Crippen LogP contribution in [-0.2, 0) is 20.7 Å². The van der Waals surface area contributed by atoms with Crippen LogP contribution < -0.4 is 0 Å². The molecule has 9 heteroatoms. The number of carbonyl (C=O) groups is 2. The molecule has 3 rings (SSSR count). The minimum atomic E-state index is -1.06. The second kappa shape index (κ2) is 15.7. The number of carbonyl (C=O) groups excluding carboxylic acids is 2. The summed E-state index contributed by atoms with van der Waals surface area (Å²) in [4.78, 5) is 30.7. The van der Waals surface area contributed by atoms with Gasteiger partial charge in [-0.25, -0.2) is 9.78 Å². The molecule has 1 aliphatic heterocycles. The number of aliphatic hydroxyl groups excluding tert-OH is 1. The summed E-state index contributed by atoms with van der Waals surface area (Å²) >= 11 is 0. The Labute approximate surface area is 253 Å². The third kappa shape index (κ3) is 9.06. The number of phenols is 1. The first-order chi connectivity index (χ1) is 20.5. The second-order valence-electron chi connectivity index (χ2n) is 10.7. The molecule has 0 aliphatic carbocycles. The molecule has 3 atom stereocenters. The Bertz CT molecular complexity index is 1420. The Kier molecular flexibility index (Phi) is 12.1. The van der Waals surface area contributed by atoms with Gasteiger partial charge in [-0.2, -0.15) is 0 Å². The molecule has 1 aromatic heterocycles. The van der Waals surface area contributed by atoms with Gasteiger partial charge in [-0.05, 0) is 45.1 Å². The molecule has 2 N–H and O–H groups in total. The third-order valence-corrected chi connectivity index (χ3v) is 7.25. The number of aliphatic hydroxyl groups is 1. The Balaban J connectivity index is 1.41. The first-order valence-electron chi connectivity index (χ1n) is 14.3. The fourth-order valence-electron chi connectivity index (χ4n) is 4.56. The summed E-state index contributed by atoms with van der Waals surface area (Å²) in [6.07, 6.45) is 15.9. The smallest absolute Gasteiger partial charge is 0.342 e. The Morgan fingerprint density at radius 3 is 2.67 bits per heavy atom. The number of unbranched alkanes of at least 4 members (excludes halogenated alkanes) is 1. The molecule has 0 saturated carbocycles. The van der Waals surface area contributed by atoms with E-state index in [1.807, 2.05) is 31.2 Å². The number of amides is 1. The fraction of sp³-hybridized carbons (Fsp3) is 0.382. The summed E-state index contributed by atoms with van der Waals surface area (Å²) in [6.45, 7) is 9.91. The van der Waals surface area contributed by atoms with E-state index in [1.165, 1.54) is 13.2 Å². The van der Waals surface area contributed by atoms with Crippen molar-refractivity contribution in [2.24, 2.45) is 5.92 Å². The number of aromatic hydroxyl groups is 1. The number of hydrogen-bond donors (Lipinski definition) is 2. The van der Waals surface area contributed by atoms with Crippen LogP contribution in [-0.4, -0.2) is 58.8 Å². The topological polar surface area (TPSA) is 122 Å². The highest BCUT2D eigenvalue weighted by atomic mass is 16.6. The summed E-state index contributed by atoms with van der Waals surface area (Å²) in [6, 6.07) is 3.33. The van der Waals surface area contributed by atoms with E-state index in [1.54, 1.807) is 44.2 Å². The molecule has 9 nitrogen and oxygen atoms in total. The largest absolute Gasteiger partial charge is 0.507 e. The van der Waals surface area contributed by atoms with Gasteiger partial charge in [0.05, 0.1) is 18.6 Å². The fourth-order valence-corrected chi connectivity index (χ4v) is 4.56. The van der Waals surface area contributed by atoms with Crippen molar-refractivity contribution in [3.63, 3.8) is 0 Å². The number of methoxy groups -OCH3 is 1. The Morgan fingerprint density at radius 1 is 1.21 bits per heavy atom. The number of nitrogens with zero attached hydrogens (tertiary/aromatic N) is 2. The summed E-state index contributed by atoms with van der Waals surface area (Å²) < 4.78 is 16.2. The molecule has 2 aromatic rings. The third-order valence-electron chi connectivity index (χ3n) is 7.25. The Morgan fingerprint density at radius 2 is 1.93 bits per heavy atom. The van der Waals surface area contributed by atoms with E-state index in [2.05, 4.69) is 23.7 Å². The second-order valence-corrected chi connectivity index (χ2v) is 10.7. The molecular weight excluding hydrogens is 548 g/mol. The van der Waals surface area contributed by atoms with Crippen LogP contribution in [0, 0.1) is 12.8 Å². The number of phenolic OH excluding ortho intramolecular Hbond substituents is 1. The number of fused-ring (bicyclic) bond motifs is 1. The molecule has 1 aromatic carbocycles. The minimum Gasteiger partial charge on any atom is -0.507 e. The molecule has 0 radical (unpaired) electrons. The standard InChI is InChI=1S/C34H42N2O7/c1-22-16-17-27-29(30(22)38)34(40)43-32(31(27)39)24(3)19-26-21-42-33(35-26)23(2)15-13-11-9-7-8-10-12-14-18-36(5)28(37)20-25(4)41-6/h7,9,11-14,16-17,20-21,24,31-32,38-39H,2,8,10,15,18-19H2,1,3-6H3. The molecule has 2 heterocycles. The van der Waals surface area contributed by atoms with Gasteiger partial charge in [0.1, 0.15) is 29.8 Å². The van der Waals surface area contributed by atoms with E-state index in [0.29, 0.717) is 47.9 Å². The number of benzene rings is 1. The summed E-state index contributed by atoms with van der Waals surface area (Å²) in [5.41, 5.74) is 2.32. The first-order valence-corrected chi connectivity index (χ1v) is 14.3. The van der Waals surface area contributed by atoms with Crippen LogP contribution in [0.15, 0.2) is 77.7 Å². The van der Waals surface area contributed by atoms with Crippen LogP contribution in [0.1, 0.15) is 72.3 Å².